The van der Waals surface area contributed by atoms with Gasteiger partial charge < -0.3 is 10.2 Å². The lowest BCUT2D eigenvalue weighted by Gasteiger charge is -2.16. The van der Waals surface area contributed by atoms with Gasteiger partial charge in [0.15, 0.2) is 0 Å². The van der Waals surface area contributed by atoms with Gasteiger partial charge in [0, 0.05) is 23.5 Å². The van der Waals surface area contributed by atoms with Gasteiger partial charge in [-0.15, -0.1) is 5.48 Å². The van der Waals surface area contributed by atoms with Crippen LogP contribution >= 0.6 is 11.9 Å². The Labute approximate surface area is 182 Å². The van der Waals surface area contributed by atoms with Crippen molar-refractivity contribution in [2.24, 2.45) is 0 Å². The van der Waals surface area contributed by atoms with Crippen molar-refractivity contribution >= 4 is 17.9 Å². The van der Waals surface area contributed by atoms with Crippen LogP contribution in [0, 0.1) is 0 Å². The van der Waals surface area contributed by atoms with E-state index in [0.717, 1.165) is 24.2 Å². The van der Waals surface area contributed by atoms with Gasteiger partial charge in [-0.3, -0.25) is 4.79 Å². The molecule has 3 aromatic rings. The highest BCUT2D eigenvalue weighted by Crippen LogP contribution is 2.24. The molecule has 0 spiro atoms. The minimum Gasteiger partial charge on any atom is -0.407 e. The molecule has 0 saturated heterocycles. The Morgan fingerprint density at radius 1 is 0.867 bits per heavy atom. The van der Waals surface area contributed by atoms with E-state index in [4.69, 9.17) is 4.84 Å². The summed E-state index contributed by atoms with van der Waals surface area (Å²) in [6.45, 7) is 6.48. The third-order valence-corrected chi connectivity index (χ3v) is 5.79. The number of hydroxylamine groups is 1. The van der Waals surface area contributed by atoms with Gasteiger partial charge in [0.2, 0.25) is 0 Å². The lowest BCUT2D eigenvalue weighted by atomic mass is 10.0. The predicted molar refractivity (Wildman–Crippen MR) is 123 cm³/mol. The molecule has 1 amide bonds. The fourth-order valence-electron chi connectivity index (χ4n) is 2.85. The molecular formula is C24H27N3O2S. The summed E-state index contributed by atoms with van der Waals surface area (Å²) in [5.74, 6) is 0.539. The van der Waals surface area contributed by atoms with E-state index in [1.165, 1.54) is 4.90 Å². The van der Waals surface area contributed by atoms with E-state index in [0.29, 0.717) is 11.3 Å². The zero-order chi connectivity index (χ0) is 21.2. The molecule has 0 aliphatic heterocycles. The number of amides is 1. The maximum atomic E-state index is 12.3. The molecule has 0 aliphatic rings. The minimum atomic E-state index is -0.156. The van der Waals surface area contributed by atoms with Gasteiger partial charge >= 0.3 is 0 Å². The van der Waals surface area contributed by atoms with Crippen LogP contribution in [-0.2, 0) is 0 Å². The van der Waals surface area contributed by atoms with Crippen molar-refractivity contribution in [1.29, 1.82) is 0 Å². The molecule has 0 radical (unpaired) electrons. The molecule has 2 N–H and O–H groups in total. The maximum absolute atomic E-state index is 12.3. The van der Waals surface area contributed by atoms with Crippen LogP contribution in [0.5, 0.6) is 5.75 Å². The maximum Gasteiger partial charge on any atom is 0.252 e. The fraction of sp³-hybridized carbons (Fsp3) is 0.208. The second-order valence-electron chi connectivity index (χ2n) is 6.55. The SMILES string of the molecule is CCN(CC)Sc1ccc(ONCNC(=O)c2ccc(-c3ccccc3)cc2)cc1. The molecule has 0 aliphatic carbocycles. The van der Waals surface area contributed by atoms with E-state index in [-0.39, 0.29) is 12.6 Å². The predicted octanol–water partition coefficient (Wildman–Crippen LogP) is 4.97. The highest BCUT2D eigenvalue weighted by atomic mass is 32.2. The number of hydrogen-bond acceptors (Lipinski definition) is 5. The van der Waals surface area contributed by atoms with E-state index in [1.54, 1.807) is 11.9 Å². The van der Waals surface area contributed by atoms with Crippen molar-refractivity contribution in [2.75, 3.05) is 19.8 Å². The second-order valence-corrected chi connectivity index (χ2v) is 7.72. The molecule has 0 atom stereocenters. The molecule has 3 rings (SSSR count). The Kier molecular flexibility index (Phi) is 8.32. The summed E-state index contributed by atoms with van der Waals surface area (Å²) in [7, 11) is 0. The number of nitrogens with one attached hydrogen (secondary N) is 2. The standard InChI is InChI=1S/C24H27N3O2S/c1-3-27(4-2)30-23-16-14-22(15-17-23)29-26-18-25-24(28)21-12-10-20(11-13-21)19-8-6-5-7-9-19/h5-17,26H,3-4,18H2,1-2H3,(H,25,28). The van der Waals surface area contributed by atoms with Crippen molar-refractivity contribution in [3.8, 4) is 16.9 Å². The first-order valence-corrected chi connectivity index (χ1v) is 10.8. The van der Waals surface area contributed by atoms with E-state index in [9.17, 15) is 4.79 Å². The molecule has 6 heteroatoms. The van der Waals surface area contributed by atoms with Crippen molar-refractivity contribution in [2.45, 2.75) is 18.7 Å². The summed E-state index contributed by atoms with van der Waals surface area (Å²) >= 11 is 1.73. The Morgan fingerprint density at radius 2 is 1.50 bits per heavy atom. The summed E-state index contributed by atoms with van der Waals surface area (Å²) in [5.41, 5.74) is 5.58. The Balaban J connectivity index is 1.42. The van der Waals surface area contributed by atoms with Crippen LogP contribution in [0.25, 0.3) is 11.1 Å². The summed E-state index contributed by atoms with van der Waals surface area (Å²) in [6.07, 6.45) is 0. The van der Waals surface area contributed by atoms with Crippen LogP contribution < -0.4 is 15.6 Å². The molecule has 0 saturated carbocycles. The van der Waals surface area contributed by atoms with Crippen LogP contribution in [-0.4, -0.2) is 30.0 Å². The van der Waals surface area contributed by atoms with Gasteiger partial charge in [0.05, 0.1) is 0 Å². The molecule has 3 aromatic carbocycles. The Bertz CT molecular complexity index is 911. The van der Waals surface area contributed by atoms with E-state index in [2.05, 4.69) is 28.9 Å². The summed E-state index contributed by atoms with van der Waals surface area (Å²) < 4.78 is 2.27. The summed E-state index contributed by atoms with van der Waals surface area (Å²) in [4.78, 5) is 19.0. The first-order chi connectivity index (χ1) is 14.7. The third kappa shape index (κ3) is 6.35. The quantitative estimate of drug-likeness (QED) is 0.209. The molecule has 0 bridgehead atoms. The topological polar surface area (TPSA) is 53.6 Å². The number of nitrogens with zero attached hydrogens (tertiary/aromatic N) is 1. The van der Waals surface area contributed by atoms with Crippen molar-refractivity contribution in [3.05, 3.63) is 84.4 Å². The number of carbonyl (C=O) groups excluding carboxylic acids is 1. The third-order valence-electron chi connectivity index (χ3n) is 4.53. The molecule has 156 valence electrons. The number of rotatable bonds is 10. The van der Waals surface area contributed by atoms with Gasteiger partial charge in [0.1, 0.15) is 12.4 Å². The number of carbonyl (C=O) groups is 1. The van der Waals surface area contributed by atoms with Crippen LogP contribution in [0.15, 0.2) is 83.8 Å². The van der Waals surface area contributed by atoms with Gasteiger partial charge in [0.25, 0.3) is 5.91 Å². The fourth-order valence-corrected chi connectivity index (χ4v) is 3.67. The Hall–Kier alpha value is -2.80. The molecule has 0 unspecified atom stereocenters. The van der Waals surface area contributed by atoms with Crippen molar-refractivity contribution in [1.82, 2.24) is 15.1 Å². The number of hydrogen-bond donors (Lipinski definition) is 2. The summed E-state index contributed by atoms with van der Waals surface area (Å²) in [5, 5.41) is 2.80. The summed E-state index contributed by atoms with van der Waals surface area (Å²) in [6, 6.07) is 25.5. The normalized spacial score (nSPS) is 10.8. The molecule has 0 aromatic heterocycles. The first kappa shape index (κ1) is 21.9. The van der Waals surface area contributed by atoms with Crippen molar-refractivity contribution < 1.29 is 9.63 Å². The smallest absolute Gasteiger partial charge is 0.252 e. The lowest BCUT2D eigenvalue weighted by Crippen LogP contribution is -2.35. The zero-order valence-electron chi connectivity index (χ0n) is 17.3. The monoisotopic (exact) mass is 421 g/mol. The van der Waals surface area contributed by atoms with E-state index in [1.807, 2.05) is 78.9 Å². The minimum absolute atomic E-state index is 0.156. The van der Waals surface area contributed by atoms with E-state index < -0.39 is 0 Å². The molecular weight excluding hydrogens is 394 g/mol. The number of benzene rings is 3. The average molecular weight is 422 g/mol. The van der Waals surface area contributed by atoms with Crippen LogP contribution in [0.3, 0.4) is 0 Å². The largest absolute Gasteiger partial charge is 0.407 e. The van der Waals surface area contributed by atoms with Crippen LogP contribution in [0.4, 0.5) is 0 Å². The van der Waals surface area contributed by atoms with Crippen molar-refractivity contribution in [3.63, 3.8) is 0 Å². The molecule has 5 nitrogen and oxygen atoms in total. The van der Waals surface area contributed by atoms with Gasteiger partial charge in [-0.25, -0.2) is 4.31 Å². The van der Waals surface area contributed by atoms with Crippen LogP contribution in [0.1, 0.15) is 24.2 Å². The highest BCUT2D eigenvalue weighted by Gasteiger charge is 2.06. The van der Waals surface area contributed by atoms with Gasteiger partial charge in [-0.2, -0.15) is 0 Å². The van der Waals surface area contributed by atoms with Gasteiger partial charge in [-0.1, -0.05) is 56.3 Å². The Morgan fingerprint density at radius 3 is 2.13 bits per heavy atom. The zero-order valence-corrected chi connectivity index (χ0v) is 18.1. The molecule has 0 heterocycles. The van der Waals surface area contributed by atoms with Gasteiger partial charge in [-0.05, 0) is 59.5 Å². The lowest BCUT2D eigenvalue weighted by molar-refractivity contribution is 0.0920. The average Bonchev–Trinajstić information content (AvgIpc) is 2.81. The second kappa shape index (κ2) is 11.4. The first-order valence-electron chi connectivity index (χ1n) is 10.1. The molecule has 0 fully saturated rings. The highest BCUT2D eigenvalue weighted by molar-refractivity contribution is 7.97. The van der Waals surface area contributed by atoms with E-state index >= 15 is 0 Å². The van der Waals surface area contributed by atoms with Crippen LogP contribution in [0.2, 0.25) is 0 Å². The molecule has 30 heavy (non-hydrogen) atoms.